The Labute approximate surface area is 95.4 Å². The van der Waals surface area contributed by atoms with E-state index in [1.54, 1.807) is 20.8 Å². The molecule has 0 bridgehead atoms. The molecule has 5 heteroatoms. The lowest BCUT2D eigenvalue weighted by atomic mass is 10.2. The maximum absolute atomic E-state index is 12.0. The Morgan fingerprint density at radius 1 is 1.12 bits per heavy atom. The monoisotopic (exact) mass is 241 g/mol. The molecule has 2 N–H and O–H groups in total. The predicted molar refractivity (Wildman–Crippen MR) is 61.9 cm³/mol. The van der Waals surface area contributed by atoms with Gasteiger partial charge in [0.15, 0.2) is 9.84 Å². The van der Waals surface area contributed by atoms with Crippen LogP contribution in [-0.4, -0.2) is 19.1 Å². The van der Waals surface area contributed by atoms with Crippen LogP contribution >= 0.6 is 0 Å². The van der Waals surface area contributed by atoms with E-state index in [9.17, 15) is 13.2 Å². The molecule has 1 rings (SSSR count). The second kappa shape index (κ2) is 3.90. The van der Waals surface area contributed by atoms with Crippen LogP contribution in [0.25, 0.3) is 0 Å². The zero-order valence-electron chi connectivity index (χ0n) is 9.52. The lowest BCUT2D eigenvalue weighted by molar-refractivity contribution is 0.1000. The number of rotatable bonds is 2. The van der Waals surface area contributed by atoms with Crippen molar-refractivity contribution in [1.29, 1.82) is 0 Å². The Morgan fingerprint density at radius 3 is 1.88 bits per heavy atom. The number of carbonyl (C=O) groups excluding carboxylic acids is 1. The van der Waals surface area contributed by atoms with E-state index in [-0.39, 0.29) is 4.90 Å². The maximum Gasteiger partial charge on any atom is 0.248 e. The van der Waals surface area contributed by atoms with Crippen LogP contribution < -0.4 is 5.73 Å². The summed E-state index contributed by atoms with van der Waals surface area (Å²) in [7, 11) is -3.37. The van der Waals surface area contributed by atoms with Gasteiger partial charge in [0.25, 0.3) is 0 Å². The Morgan fingerprint density at radius 2 is 1.56 bits per heavy atom. The molecule has 0 aliphatic heterocycles. The summed E-state index contributed by atoms with van der Waals surface area (Å²) in [5.74, 6) is -0.570. The van der Waals surface area contributed by atoms with Crippen molar-refractivity contribution < 1.29 is 13.2 Å². The van der Waals surface area contributed by atoms with Crippen molar-refractivity contribution in [2.45, 2.75) is 30.4 Å². The van der Waals surface area contributed by atoms with Gasteiger partial charge in [0, 0.05) is 5.56 Å². The van der Waals surface area contributed by atoms with Crippen LogP contribution in [0.1, 0.15) is 31.1 Å². The van der Waals surface area contributed by atoms with Gasteiger partial charge in [-0.2, -0.15) is 0 Å². The molecule has 0 fully saturated rings. The van der Waals surface area contributed by atoms with Gasteiger partial charge in [-0.1, -0.05) is 0 Å². The van der Waals surface area contributed by atoms with Crippen molar-refractivity contribution in [1.82, 2.24) is 0 Å². The summed E-state index contributed by atoms with van der Waals surface area (Å²) < 4.78 is 23.2. The number of hydrogen-bond acceptors (Lipinski definition) is 3. The number of hydrogen-bond donors (Lipinski definition) is 1. The van der Waals surface area contributed by atoms with Gasteiger partial charge in [-0.05, 0) is 45.0 Å². The molecule has 1 aromatic carbocycles. The molecule has 0 spiro atoms. The third kappa shape index (κ3) is 2.24. The zero-order valence-corrected chi connectivity index (χ0v) is 10.3. The van der Waals surface area contributed by atoms with Gasteiger partial charge in [0.1, 0.15) is 0 Å². The summed E-state index contributed by atoms with van der Waals surface area (Å²) >= 11 is 0. The number of amides is 1. The van der Waals surface area contributed by atoms with Crippen molar-refractivity contribution in [3.05, 3.63) is 29.8 Å². The van der Waals surface area contributed by atoms with Crippen molar-refractivity contribution >= 4 is 15.7 Å². The predicted octanol–water partition coefficient (Wildman–Crippen LogP) is 1.36. The van der Waals surface area contributed by atoms with Gasteiger partial charge in [0.2, 0.25) is 5.91 Å². The summed E-state index contributed by atoms with van der Waals surface area (Å²) in [5, 5.41) is 0. The number of benzene rings is 1. The van der Waals surface area contributed by atoms with E-state index in [0.717, 1.165) is 0 Å². The van der Waals surface area contributed by atoms with Crippen molar-refractivity contribution in [2.75, 3.05) is 0 Å². The van der Waals surface area contributed by atoms with Crippen LogP contribution in [-0.2, 0) is 9.84 Å². The fourth-order valence-corrected chi connectivity index (χ4v) is 2.35. The highest BCUT2D eigenvalue weighted by Gasteiger charge is 2.30. The molecule has 4 nitrogen and oxygen atoms in total. The number of primary amides is 1. The van der Waals surface area contributed by atoms with Crippen LogP contribution in [0, 0.1) is 0 Å². The third-order valence-corrected chi connectivity index (χ3v) is 4.76. The maximum atomic E-state index is 12.0. The fourth-order valence-electron chi connectivity index (χ4n) is 1.15. The van der Waals surface area contributed by atoms with Gasteiger partial charge in [-0.3, -0.25) is 4.79 Å². The number of nitrogens with two attached hydrogens (primary N) is 1. The first kappa shape index (κ1) is 12.7. The van der Waals surface area contributed by atoms with Crippen molar-refractivity contribution in [3.8, 4) is 0 Å². The average Bonchev–Trinajstić information content (AvgIpc) is 2.16. The average molecular weight is 241 g/mol. The molecular weight excluding hydrogens is 226 g/mol. The highest BCUT2D eigenvalue weighted by Crippen LogP contribution is 2.24. The molecular formula is C11H15NO3S. The molecule has 88 valence electrons. The number of sulfone groups is 1. The van der Waals surface area contributed by atoms with E-state index in [1.165, 1.54) is 24.3 Å². The molecule has 0 aliphatic rings. The standard InChI is InChI=1S/C11H15NO3S/c1-11(2,3)16(14,15)9-6-4-8(5-7-9)10(12)13/h4-7H,1-3H3,(H2,12,13). The SMILES string of the molecule is CC(C)(C)S(=O)(=O)c1ccc(C(N)=O)cc1. The lowest BCUT2D eigenvalue weighted by Gasteiger charge is -2.19. The highest BCUT2D eigenvalue weighted by atomic mass is 32.2. The summed E-state index contributed by atoms with van der Waals surface area (Å²) in [6.07, 6.45) is 0. The third-order valence-electron chi connectivity index (χ3n) is 2.26. The van der Waals surface area contributed by atoms with Crippen molar-refractivity contribution in [2.24, 2.45) is 5.73 Å². The molecule has 0 saturated heterocycles. The topological polar surface area (TPSA) is 77.2 Å². The minimum Gasteiger partial charge on any atom is -0.366 e. The zero-order chi connectivity index (χ0) is 12.6. The highest BCUT2D eigenvalue weighted by molar-refractivity contribution is 7.92. The fraction of sp³-hybridized carbons (Fsp3) is 0.364. The van der Waals surface area contributed by atoms with E-state index in [4.69, 9.17) is 5.73 Å². The van der Waals surface area contributed by atoms with Crippen LogP contribution in [0.2, 0.25) is 0 Å². The van der Waals surface area contributed by atoms with Crippen molar-refractivity contribution in [3.63, 3.8) is 0 Å². The second-order valence-electron chi connectivity index (χ2n) is 4.50. The minimum absolute atomic E-state index is 0.199. The second-order valence-corrected chi connectivity index (χ2v) is 7.21. The van der Waals surface area contributed by atoms with Crippen LogP contribution in [0.15, 0.2) is 29.2 Å². The molecule has 0 heterocycles. The van der Waals surface area contributed by atoms with Gasteiger partial charge >= 0.3 is 0 Å². The van der Waals surface area contributed by atoms with Crippen LogP contribution in [0.5, 0.6) is 0 Å². The molecule has 0 radical (unpaired) electrons. The summed E-state index contributed by atoms with van der Waals surface area (Å²) in [4.78, 5) is 11.0. The molecule has 16 heavy (non-hydrogen) atoms. The van der Waals surface area contributed by atoms with E-state index in [1.807, 2.05) is 0 Å². The first-order valence-electron chi connectivity index (χ1n) is 4.81. The normalized spacial score (nSPS) is 12.4. The van der Waals surface area contributed by atoms with Gasteiger partial charge in [-0.25, -0.2) is 8.42 Å². The van der Waals surface area contributed by atoms with E-state index in [2.05, 4.69) is 0 Å². The van der Waals surface area contributed by atoms with Crippen LogP contribution in [0.3, 0.4) is 0 Å². The lowest BCUT2D eigenvalue weighted by Crippen LogP contribution is -2.28. The molecule has 0 unspecified atom stereocenters. The Balaban J connectivity index is 3.23. The summed E-state index contributed by atoms with van der Waals surface area (Å²) in [6, 6.07) is 5.64. The molecule has 0 atom stereocenters. The van der Waals surface area contributed by atoms with Crippen LogP contribution in [0.4, 0.5) is 0 Å². The smallest absolute Gasteiger partial charge is 0.248 e. The van der Waals surface area contributed by atoms with E-state index in [0.29, 0.717) is 5.56 Å². The first-order valence-corrected chi connectivity index (χ1v) is 6.29. The molecule has 1 aromatic rings. The van der Waals surface area contributed by atoms with E-state index < -0.39 is 20.5 Å². The first-order chi connectivity index (χ1) is 7.16. The Hall–Kier alpha value is -1.36. The largest absolute Gasteiger partial charge is 0.366 e. The summed E-state index contributed by atoms with van der Waals surface area (Å²) in [6.45, 7) is 4.89. The quantitative estimate of drug-likeness (QED) is 0.849. The minimum atomic E-state index is -3.37. The Bertz CT molecular complexity index is 495. The van der Waals surface area contributed by atoms with Gasteiger partial charge < -0.3 is 5.73 Å². The molecule has 0 aliphatic carbocycles. The molecule has 0 aromatic heterocycles. The van der Waals surface area contributed by atoms with E-state index >= 15 is 0 Å². The van der Waals surface area contributed by atoms with Gasteiger partial charge in [0.05, 0.1) is 9.64 Å². The molecule has 0 saturated carbocycles. The number of carbonyl (C=O) groups is 1. The van der Waals surface area contributed by atoms with Gasteiger partial charge in [-0.15, -0.1) is 0 Å². The summed E-state index contributed by atoms with van der Waals surface area (Å²) in [5.41, 5.74) is 5.37. The molecule has 1 amide bonds. The Kier molecular flexibility index (Phi) is 3.10.